The molecule has 2 unspecified atom stereocenters. The first-order valence-corrected chi connectivity index (χ1v) is 6.36. The first-order valence-electron chi connectivity index (χ1n) is 6.36. The van der Waals surface area contributed by atoms with Crippen molar-refractivity contribution in [3.8, 4) is 6.07 Å². The van der Waals surface area contributed by atoms with Gasteiger partial charge in [0.25, 0.3) is 0 Å². The lowest BCUT2D eigenvalue weighted by molar-refractivity contribution is -0.149. The Balaban J connectivity index is 2.59. The van der Waals surface area contributed by atoms with Crippen LogP contribution in [0.5, 0.6) is 0 Å². The number of hydrogen-bond acceptors (Lipinski definition) is 3. The number of halogens is 3. The van der Waals surface area contributed by atoms with Crippen molar-refractivity contribution in [2.45, 2.75) is 38.3 Å². The zero-order valence-corrected chi connectivity index (χ0v) is 11.4. The highest BCUT2D eigenvalue weighted by Crippen LogP contribution is 2.40. The van der Waals surface area contributed by atoms with Crippen molar-refractivity contribution in [1.29, 1.82) is 5.26 Å². The Kier molecular flexibility index (Phi) is 3.68. The SMILES string of the molecule is CCC1C(O)C(F)(F)C(=O)N1c1ccc(C#N)c(F)c1C. The average Bonchev–Trinajstić information content (AvgIpc) is 2.62. The van der Waals surface area contributed by atoms with Crippen LogP contribution in [-0.2, 0) is 4.79 Å². The van der Waals surface area contributed by atoms with Crippen LogP contribution in [0.1, 0.15) is 24.5 Å². The third-order valence-corrected chi connectivity index (χ3v) is 3.73. The summed E-state index contributed by atoms with van der Waals surface area (Å²) >= 11 is 0. The van der Waals surface area contributed by atoms with Crippen LogP contribution >= 0.6 is 0 Å². The molecule has 4 nitrogen and oxygen atoms in total. The molecule has 1 aliphatic heterocycles. The fraction of sp³-hybridized carbons (Fsp3) is 0.429. The van der Waals surface area contributed by atoms with Gasteiger partial charge in [0.05, 0.1) is 17.3 Å². The second-order valence-electron chi connectivity index (χ2n) is 4.90. The van der Waals surface area contributed by atoms with E-state index in [4.69, 9.17) is 5.26 Å². The molecule has 1 saturated heterocycles. The van der Waals surface area contributed by atoms with Crippen LogP contribution in [0.2, 0.25) is 0 Å². The van der Waals surface area contributed by atoms with E-state index in [1.54, 1.807) is 13.0 Å². The molecule has 0 saturated carbocycles. The van der Waals surface area contributed by atoms with E-state index in [9.17, 15) is 23.1 Å². The van der Waals surface area contributed by atoms with Gasteiger partial charge in [-0.1, -0.05) is 6.92 Å². The maximum atomic E-state index is 14.0. The molecule has 21 heavy (non-hydrogen) atoms. The molecule has 1 fully saturated rings. The number of benzene rings is 1. The highest BCUT2D eigenvalue weighted by molar-refractivity contribution is 6.03. The minimum atomic E-state index is -3.91. The Morgan fingerprint density at radius 1 is 1.48 bits per heavy atom. The number of nitriles is 1. The molecule has 2 atom stereocenters. The summed E-state index contributed by atoms with van der Waals surface area (Å²) in [6.07, 6.45) is -2.06. The summed E-state index contributed by atoms with van der Waals surface area (Å²) in [5.41, 5.74) is -0.367. The molecule has 1 aromatic rings. The smallest absolute Gasteiger partial charge is 0.352 e. The van der Waals surface area contributed by atoms with Crippen molar-refractivity contribution < 1.29 is 23.1 Å². The van der Waals surface area contributed by atoms with Gasteiger partial charge >= 0.3 is 11.8 Å². The number of alkyl halides is 2. The molecule has 2 rings (SSSR count). The molecule has 0 spiro atoms. The topological polar surface area (TPSA) is 64.3 Å². The van der Waals surface area contributed by atoms with Gasteiger partial charge in [-0.05, 0) is 25.5 Å². The fourth-order valence-corrected chi connectivity index (χ4v) is 2.54. The summed E-state index contributed by atoms with van der Waals surface area (Å²) < 4.78 is 41.3. The maximum Gasteiger partial charge on any atom is 0.352 e. The fourth-order valence-electron chi connectivity index (χ4n) is 2.54. The van der Waals surface area contributed by atoms with Crippen LogP contribution in [-0.4, -0.2) is 29.1 Å². The second-order valence-corrected chi connectivity index (χ2v) is 4.90. The Morgan fingerprint density at radius 3 is 2.62 bits per heavy atom. The van der Waals surface area contributed by atoms with Gasteiger partial charge in [0, 0.05) is 5.56 Å². The molecule has 0 radical (unpaired) electrons. The molecule has 1 aromatic carbocycles. The predicted octanol–water partition coefficient (Wildman–Crippen LogP) is 2.13. The van der Waals surface area contributed by atoms with Gasteiger partial charge in [0.1, 0.15) is 18.0 Å². The first kappa shape index (κ1) is 15.3. The number of carbonyl (C=O) groups is 1. The monoisotopic (exact) mass is 298 g/mol. The van der Waals surface area contributed by atoms with E-state index < -0.39 is 29.8 Å². The first-order chi connectivity index (χ1) is 9.77. The third kappa shape index (κ3) is 2.07. The van der Waals surface area contributed by atoms with Crippen molar-refractivity contribution >= 4 is 11.6 Å². The minimum Gasteiger partial charge on any atom is -0.384 e. The van der Waals surface area contributed by atoms with Crippen LogP contribution in [0.25, 0.3) is 0 Å². The van der Waals surface area contributed by atoms with Crippen molar-refractivity contribution in [3.63, 3.8) is 0 Å². The van der Waals surface area contributed by atoms with Gasteiger partial charge in [0.15, 0.2) is 0 Å². The van der Waals surface area contributed by atoms with Gasteiger partial charge in [-0.25, -0.2) is 4.39 Å². The number of rotatable bonds is 2. The lowest BCUT2D eigenvalue weighted by atomic mass is 10.1. The minimum absolute atomic E-state index is 0.0559. The van der Waals surface area contributed by atoms with E-state index in [0.29, 0.717) is 0 Å². The predicted molar refractivity (Wildman–Crippen MR) is 68.4 cm³/mol. The second kappa shape index (κ2) is 5.04. The Labute approximate surface area is 119 Å². The number of nitrogens with zero attached hydrogens (tertiary/aromatic N) is 2. The van der Waals surface area contributed by atoms with Gasteiger partial charge in [-0.15, -0.1) is 0 Å². The maximum absolute atomic E-state index is 14.0. The van der Waals surface area contributed by atoms with Gasteiger partial charge < -0.3 is 10.0 Å². The van der Waals surface area contributed by atoms with E-state index in [0.717, 1.165) is 11.0 Å². The Bertz CT molecular complexity index is 640. The highest BCUT2D eigenvalue weighted by atomic mass is 19.3. The number of amides is 1. The number of carbonyl (C=O) groups excluding carboxylic acids is 1. The van der Waals surface area contributed by atoms with Crippen LogP contribution in [0, 0.1) is 24.1 Å². The van der Waals surface area contributed by atoms with Gasteiger partial charge in [0.2, 0.25) is 0 Å². The molecular formula is C14H13F3N2O2. The van der Waals surface area contributed by atoms with Crippen LogP contribution in [0.3, 0.4) is 0 Å². The van der Waals surface area contributed by atoms with Gasteiger partial charge in [-0.3, -0.25) is 4.79 Å². The van der Waals surface area contributed by atoms with Crippen molar-refractivity contribution in [1.82, 2.24) is 0 Å². The lowest BCUT2D eigenvalue weighted by Gasteiger charge is -2.26. The number of aliphatic hydroxyl groups excluding tert-OH is 1. The summed E-state index contributed by atoms with van der Waals surface area (Å²) in [5.74, 6) is -6.33. The van der Waals surface area contributed by atoms with E-state index >= 15 is 0 Å². The summed E-state index contributed by atoms with van der Waals surface area (Å²) in [7, 11) is 0. The molecule has 7 heteroatoms. The van der Waals surface area contributed by atoms with E-state index in [-0.39, 0.29) is 23.2 Å². The Morgan fingerprint density at radius 2 is 2.10 bits per heavy atom. The molecule has 0 aliphatic carbocycles. The summed E-state index contributed by atoms with van der Waals surface area (Å²) in [6, 6.07) is 2.87. The van der Waals surface area contributed by atoms with E-state index in [1.807, 2.05) is 0 Å². The molecule has 0 bridgehead atoms. The van der Waals surface area contributed by atoms with Crippen LogP contribution in [0.4, 0.5) is 18.9 Å². The third-order valence-electron chi connectivity index (χ3n) is 3.73. The lowest BCUT2D eigenvalue weighted by Crippen LogP contribution is -2.37. The standard InChI is InChI=1S/C14H13F3N2O2/c1-3-9-12(20)14(16,17)13(21)19(9)10-5-4-8(6-18)11(15)7(10)2/h4-5,9,12,20H,3H2,1-2H3. The summed E-state index contributed by atoms with van der Waals surface area (Å²) in [5, 5.41) is 18.4. The quantitative estimate of drug-likeness (QED) is 0.909. The molecule has 1 amide bonds. The van der Waals surface area contributed by atoms with Gasteiger partial charge in [-0.2, -0.15) is 14.0 Å². The number of aliphatic hydroxyl groups is 1. The zero-order chi connectivity index (χ0) is 15.9. The molecule has 0 aromatic heterocycles. The number of anilines is 1. The molecule has 1 heterocycles. The largest absolute Gasteiger partial charge is 0.384 e. The normalized spacial score (nSPS) is 24.2. The van der Waals surface area contributed by atoms with Crippen LogP contribution < -0.4 is 4.90 Å². The highest BCUT2D eigenvalue weighted by Gasteiger charge is 2.61. The Hall–Kier alpha value is -2.07. The molecule has 1 N–H and O–H groups in total. The zero-order valence-electron chi connectivity index (χ0n) is 11.4. The van der Waals surface area contributed by atoms with Crippen molar-refractivity contribution in [2.24, 2.45) is 0 Å². The van der Waals surface area contributed by atoms with Crippen LogP contribution in [0.15, 0.2) is 12.1 Å². The average molecular weight is 298 g/mol. The van der Waals surface area contributed by atoms with Crippen molar-refractivity contribution in [3.05, 3.63) is 29.1 Å². The molecular weight excluding hydrogens is 285 g/mol. The molecule has 1 aliphatic rings. The van der Waals surface area contributed by atoms with E-state index in [2.05, 4.69) is 0 Å². The van der Waals surface area contributed by atoms with E-state index in [1.165, 1.54) is 13.0 Å². The summed E-state index contributed by atoms with van der Waals surface area (Å²) in [6.45, 7) is 2.85. The van der Waals surface area contributed by atoms with Crippen molar-refractivity contribution in [2.75, 3.05) is 4.90 Å². The summed E-state index contributed by atoms with van der Waals surface area (Å²) in [4.78, 5) is 12.6. The number of hydrogen-bond donors (Lipinski definition) is 1. The molecule has 112 valence electrons.